The maximum Gasteiger partial charge on any atom is 0.141 e. The molecule has 2 nitrogen and oxygen atoms in total. The summed E-state index contributed by atoms with van der Waals surface area (Å²) in [5.74, 6) is 0.410. The highest BCUT2D eigenvalue weighted by atomic mass is 35.5. The fourth-order valence-corrected chi connectivity index (χ4v) is 2.56. The number of hydrogen-bond acceptors (Lipinski definition) is 2. The molecule has 2 rings (SSSR count). The van der Waals surface area contributed by atoms with Crippen molar-refractivity contribution in [3.8, 4) is 5.75 Å². The summed E-state index contributed by atoms with van der Waals surface area (Å²) in [4.78, 5) is 0. The topological polar surface area (TPSA) is 21.3 Å². The molecule has 0 saturated carbocycles. The van der Waals surface area contributed by atoms with Crippen molar-refractivity contribution in [3.05, 3.63) is 63.9 Å². The van der Waals surface area contributed by atoms with E-state index in [9.17, 15) is 4.39 Å². The second kappa shape index (κ2) is 6.92. The molecule has 0 heterocycles. The molecule has 0 amide bonds. The van der Waals surface area contributed by atoms with E-state index in [1.54, 1.807) is 12.1 Å². The van der Waals surface area contributed by atoms with Crippen LogP contribution in [0.4, 0.5) is 4.39 Å². The standard InChI is InChI=1S/C17H19ClFNO/c1-4-21-16-8-5-11(2)9-13(16)17(20-3)12-6-7-15(19)14(18)10-12/h5-10,17,20H,4H2,1-3H3. The van der Waals surface area contributed by atoms with Gasteiger partial charge in [-0.3, -0.25) is 0 Å². The van der Waals surface area contributed by atoms with Crippen LogP contribution in [0.3, 0.4) is 0 Å². The monoisotopic (exact) mass is 307 g/mol. The Balaban J connectivity index is 2.49. The van der Waals surface area contributed by atoms with Gasteiger partial charge in [0.15, 0.2) is 0 Å². The van der Waals surface area contributed by atoms with Gasteiger partial charge in [-0.05, 0) is 44.7 Å². The zero-order chi connectivity index (χ0) is 15.4. The van der Waals surface area contributed by atoms with Crippen LogP contribution in [0.1, 0.15) is 29.7 Å². The van der Waals surface area contributed by atoms with Crippen LogP contribution in [-0.2, 0) is 0 Å². The van der Waals surface area contributed by atoms with E-state index in [0.717, 1.165) is 22.4 Å². The molecule has 0 bridgehead atoms. The molecule has 0 radical (unpaired) electrons. The number of rotatable bonds is 5. The van der Waals surface area contributed by atoms with Crippen LogP contribution in [0.25, 0.3) is 0 Å². The van der Waals surface area contributed by atoms with E-state index in [0.29, 0.717) is 6.61 Å². The molecule has 0 saturated heterocycles. The summed E-state index contributed by atoms with van der Waals surface area (Å²) in [7, 11) is 1.86. The molecule has 4 heteroatoms. The van der Waals surface area contributed by atoms with Crippen molar-refractivity contribution in [2.75, 3.05) is 13.7 Å². The van der Waals surface area contributed by atoms with Gasteiger partial charge >= 0.3 is 0 Å². The Kier molecular flexibility index (Phi) is 5.21. The molecular weight excluding hydrogens is 289 g/mol. The van der Waals surface area contributed by atoms with Gasteiger partial charge in [0.05, 0.1) is 17.7 Å². The molecular formula is C17H19ClFNO. The number of benzene rings is 2. The Morgan fingerprint density at radius 3 is 2.62 bits per heavy atom. The van der Waals surface area contributed by atoms with Gasteiger partial charge in [0.25, 0.3) is 0 Å². The largest absolute Gasteiger partial charge is 0.494 e. The Bertz CT molecular complexity index is 630. The highest BCUT2D eigenvalue weighted by Gasteiger charge is 2.18. The minimum Gasteiger partial charge on any atom is -0.494 e. The van der Waals surface area contributed by atoms with E-state index >= 15 is 0 Å². The quantitative estimate of drug-likeness (QED) is 0.878. The second-order valence-electron chi connectivity index (χ2n) is 4.87. The average molecular weight is 308 g/mol. The predicted molar refractivity (Wildman–Crippen MR) is 84.7 cm³/mol. The summed E-state index contributed by atoms with van der Waals surface area (Å²) in [6, 6.07) is 10.7. The summed E-state index contributed by atoms with van der Waals surface area (Å²) in [5.41, 5.74) is 3.05. The Morgan fingerprint density at radius 1 is 1.24 bits per heavy atom. The van der Waals surface area contributed by atoms with Crippen molar-refractivity contribution in [3.63, 3.8) is 0 Å². The lowest BCUT2D eigenvalue weighted by Crippen LogP contribution is -2.19. The lowest BCUT2D eigenvalue weighted by Gasteiger charge is -2.21. The zero-order valence-corrected chi connectivity index (χ0v) is 13.2. The van der Waals surface area contributed by atoms with Crippen LogP contribution in [0.2, 0.25) is 5.02 Å². The predicted octanol–water partition coefficient (Wildman–Crippen LogP) is 4.50. The molecule has 0 aliphatic heterocycles. The van der Waals surface area contributed by atoms with E-state index in [-0.39, 0.29) is 11.1 Å². The number of aryl methyl sites for hydroxylation is 1. The third-order valence-electron chi connectivity index (χ3n) is 3.34. The van der Waals surface area contributed by atoms with Crippen LogP contribution < -0.4 is 10.1 Å². The maximum atomic E-state index is 13.4. The van der Waals surface area contributed by atoms with Gasteiger partial charge in [-0.1, -0.05) is 35.4 Å². The molecule has 0 aromatic heterocycles. The maximum absolute atomic E-state index is 13.4. The first-order chi connectivity index (χ1) is 10.1. The summed E-state index contributed by atoms with van der Waals surface area (Å²) >= 11 is 5.90. The lowest BCUT2D eigenvalue weighted by atomic mass is 9.96. The van der Waals surface area contributed by atoms with Crippen LogP contribution in [0.5, 0.6) is 5.75 Å². The van der Waals surface area contributed by atoms with Crippen molar-refractivity contribution >= 4 is 11.6 Å². The van der Waals surface area contributed by atoms with Crippen molar-refractivity contribution in [1.29, 1.82) is 0 Å². The van der Waals surface area contributed by atoms with Gasteiger partial charge in [0, 0.05) is 5.56 Å². The Morgan fingerprint density at radius 2 is 2.00 bits per heavy atom. The van der Waals surface area contributed by atoms with Crippen LogP contribution in [0, 0.1) is 12.7 Å². The first kappa shape index (κ1) is 15.8. The van der Waals surface area contributed by atoms with Crippen LogP contribution in [0.15, 0.2) is 36.4 Å². The van der Waals surface area contributed by atoms with E-state index in [2.05, 4.69) is 11.4 Å². The van der Waals surface area contributed by atoms with Crippen molar-refractivity contribution in [2.24, 2.45) is 0 Å². The van der Waals surface area contributed by atoms with Gasteiger partial charge in [-0.25, -0.2) is 4.39 Å². The molecule has 1 atom stereocenters. The molecule has 0 spiro atoms. The van der Waals surface area contributed by atoms with Crippen molar-refractivity contribution < 1.29 is 9.13 Å². The van der Waals surface area contributed by atoms with E-state index in [4.69, 9.17) is 16.3 Å². The molecule has 1 N–H and O–H groups in total. The molecule has 21 heavy (non-hydrogen) atoms. The minimum absolute atomic E-state index is 0.107. The smallest absolute Gasteiger partial charge is 0.141 e. The molecule has 1 unspecified atom stereocenters. The van der Waals surface area contributed by atoms with E-state index < -0.39 is 5.82 Å². The van der Waals surface area contributed by atoms with E-state index in [1.165, 1.54) is 6.07 Å². The van der Waals surface area contributed by atoms with Gasteiger partial charge in [0.1, 0.15) is 11.6 Å². The summed E-state index contributed by atoms with van der Waals surface area (Å²) in [6.45, 7) is 4.58. The van der Waals surface area contributed by atoms with Crippen LogP contribution >= 0.6 is 11.6 Å². The van der Waals surface area contributed by atoms with Crippen molar-refractivity contribution in [2.45, 2.75) is 19.9 Å². The number of ether oxygens (including phenoxy) is 1. The van der Waals surface area contributed by atoms with E-state index in [1.807, 2.05) is 33.0 Å². The fourth-order valence-electron chi connectivity index (χ4n) is 2.37. The van der Waals surface area contributed by atoms with Gasteiger partial charge in [-0.15, -0.1) is 0 Å². The normalized spacial score (nSPS) is 12.2. The molecule has 0 fully saturated rings. The first-order valence-corrected chi connectivity index (χ1v) is 7.30. The SMILES string of the molecule is CCOc1ccc(C)cc1C(NC)c1ccc(F)c(Cl)c1. The minimum atomic E-state index is -0.412. The van der Waals surface area contributed by atoms with Crippen molar-refractivity contribution in [1.82, 2.24) is 5.32 Å². The number of halogens is 2. The van der Waals surface area contributed by atoms with Gasteiger partial charge in [0.2, 0.25) is 0 Å². The number of nitrogens with one attached hydrogen (secondary N) is 1. The summed E-state index contributed by atoms with van der Waals surface area (Å²) in [5, 5.41) is 3.37. The van der Waals surface area contributed by atoms with Crippen LogP contribution in [-0.4, -0.2) is 13.7 Å². The molecule has 2 aromatic rings. The highest BCUT2D eigenvalue weighted by molar-refractivity contribution is 6.30. The van der Waals surface area contributed by atoms with Gasteiger partial charge in [-0.2, -0.15) is 0 Å². The Hall–Kier alpha value is -1.58. The number of hydrogen-bond donors (Lipinski definition) is 1. The Labute approximate surface area is 129 Å². The average Bonchev–Trinajstić information content (AvgIpc) is 2.46. The third-order valence-corrected chi connectivity index (χ3v) is 3.63. The fraction of sp³-hybridized carbons (Fsp3) is 0.294. The molecule has 2 aromatic carbocycles. The first-order valence-electron chi connectivity index (χ1n) is 6.92. The summed E-state index contributed by atoms with van der Waals surface area (Å²) < 4.78 is 19.1. The zero-order valence-electron chi connectivity index (χ0n) is 12.4. The molecule has 112 valence electrons. The molecule has 0 aliphatic carbocycles. The highest BCUT2D eigenvalue weighted by Crippen LogP contribution is 2.32. The van der Waals surface area contributed by atoms with Gasteiger partial charge < -0.3 is 10.1 Å². The third kappa shape index (κ3) is 3.55. The summed E-state index contributed by atoms with van der Waals surface area (Å²) in [6.07, 6.45) is 0. The lowest BCUT2D eigenvalue weighted by molar-refractivity contribution is 0.334. The second-order valence-corrected chi connectivity index (χ2v) is 5.28. The molecule has 0 aliphatic rings.